The molecule has 1 aliphatic rings. The number of nitrogens with zero attached hydrogens (tertiary/aromatic N) is 4. The number of rotatable bonds is 3. The summed E-state index contributed by atoms with van der Waals surface area (Å²) in [6, 6.07) is 4.75. The van der Waals surface area contributed by atoms with Crippen LogP contribution in [0.2, 0.25) is 0 Å². The van der Waals surface area contributed by atoms with Gasteiger partial charge >= 0.3 is 0 Å². The first-order valence-corrected chi connectivity index (χ1v) is 7.97. The van der Waals surface area contributed by atoms with E-state index in [0.717, 1.165) is 12.1 Å². The van der Waals surface area contributed by atoms with E-state index in [0.29, 0.717) is 24.5 Å². The van der Waals surface area contributed by atoms with Crippen LogP contribution in [-0.2, 0) is 0 Å². The Hall–Kier alpha value is -3.10. The molecular weight excluding hydrogens is 346 g/mol. The van der Waals surface area contributed by atoms with Gasteiger partial charge in [-0.2, -0.15) is 0 Å². The van der Waals surface area contributed by atoms with Gasteiger partial charge in [-0.05, 0) is 24.6 Å². The lowest BCUT2D eigenvalue weighted by Gasteiger charge is -2.36. The second-order valence-electron chi connectivity index (χ2n) is 5.97. The molecule has 1 saturated heterocycles. The average Bonchev–Trinajstić information content (AvgIpc) is 2.61. The molecule has 1 fully saturated rings. The van der Waals surface area contributed by atoms with Crippen LogP contribution in [0.25, 0.3) is 0 Å². The van der Waals surface area contributed by atoms with E-state index in [9.17, 15) is 23.7 Å². The normalized spacial score (nSPS) is 14.4. The minimum absolute atomic E-state index is 0.0879. The second kappa shape index (κ2) is 7.03. The molecule has 2 aromatic rings. The zero-order chi connectivity index (χ0) is 18.8. The fraction of sp³-hybridized carbons (Fsp3) is 0.294. The Morgan fingerprint density at radius 2 is 1.81 bits per heavy atom. The highest BCUT2D eigenvalue weighted by Gasteiger charge is 2.27. The molecule has 1 aliphatic heterocycles. The number of nitro groups is 1. The molecule has 1 amide bonds. The monoisotopic (exact) mass is 362 g/mol. The summed E-state index contributed by atoms with van der Waals surface area (Å²) in [4.78, 5) is 30.1. The molecule has 0 bridgehead atoms. The topological polar surface area (TPSA) is 79.6 Å². The summed E-state index contributed by atoms with van der Waals surface area (Å²) in [6.45, 7) is 3.08. The zero-order valence-corrected chi connectivity index (χ0v) is 14.0. The summed E-state index contributed by atoms with van der Waals surface area (Å²) in [7, 11) is 0. The highest BCUT2D eigenvalue weighted by molar-refractivity contribution is 5.95. The van der Waals surface area contributed by atoms with Gasteiger partial charge in [0.15, 0.2) is 0 Å². The van der Waals surface area contributed by atoms with Gasteiger partial charge in [-0.1, -0.05) is 6.07 Å². The Balaban J connectivity index is 1.71. The van der Waals surface area contributed by atoms with E-state index in [1.165, 1.54) is 23.2 Å². The Morgan fingerprint density at radius 3 is 2.35 bits per heavy atom. The molecule has 0 radical (unpaired) electrons. The van der Waals surface area contributed by atoms with E-state index in [4.69, 9.17) is 0 Å². The second-order valence-corrected chi connectivity index (χ2v) is 5.97. The van der Waals surface area contributed by atoms with Crippen molar-refractivity contribution < 1.29 is 18.5 Å². The standard InChI is InChI=1S/C17H16F2N4O3/c1-11-9-12(23(25)26)10-20-16(11)21-5-7-22(8-6-21)17(24)15-13(18)3-2-4-14(15)19/h2-4,9-10H,5-8H2,1H3. The predicted octanol–water partition coefficient (Wildman–Crippen LogP) is 2.54. The van der Waals surface area contributed by atoms with Gasteiger partial charge in [0.25, 0.3) is 11.6 Å². The van der Waals surface area contributed by atoms with Gasteiger partial charge in [-0.25, -0.2) is 13.8 Å². The number of hydrogen-bond donors (Lipinski definition) is 0. The van der Waals surface area contributed by atoms with E-state index in [2.05, 4.69) is 4.98 Å². The lowest BCUT2D eigenvalue weighted by molar-refractivity contribution is -0.385. The highest BCUT2D eigenvalue weighted by Crippen LogP contribution is 2.23. The average molecular weight is 362 g/mol. The maximum Gasteiger partial charge on any atom is 0.287 e. The molecule has 0 spiro atoms. The van der Waals surface area contributed by atoms with Crippen LogP contribution in [0.1, 0.15) is 15.9 Å². The molecule has 136 valence electrons. The number of aromatic nitrogens is 1. The molecule has 9 heteroatoms. The van der Waals surface area contributed by atoms with Crippen molar-refractivity contribution in [3.63, 3.8) is 0 Å². The van der Waals surface area contributed by atoms with Gasteiger partial charge in [0.2, 0.25) is 0 Å². The summed E-state index contributed by atoms with van der Waals surface area (Å²) in [5.41, 5.74) is 0.0137. The number of amides is 1. The van der Waals surface area contributed by atoms with Crippen molar-refractivity contribution in [1.29, 1.82) is 0 Å². The minimum Gasteiger partial charge on any atom is -0.353 e. The SMILES string of the molecule is Cc1cc([N+](=O)[O-])cnc1N1CCN(C(=O)c2c(F)cccc2F)CC1. The molecule has 1 aromatic heterocycles. The maximum atomic E-state index is 13.8. The summed E-state index contributed by atoms with van der Waals surface area (Å²) in [6.07, 6.45) is 1.19. The lowest BCUT2D eigenvalue weighted by atomic mass is 10.1. The van der Waals surface area contributed by atoms with Crippen molar-refractivity contribution in [3.8, 4) is 0 Å². The van der Waals surface area contributed by atoms with Crippen molar-refractivity contribution >= 4 is 17.4 Å². The molecule has 7 nitrogen and oxygen atoms in total. The first-order valence-electron chi connectivity index (χ1n) is 7.97. The van der Waals surface area contributed by atoms with Crippen molar-refractivity contribution in [1.82, 2.24) is 9.88 Å². The number of carbonyl (C=O) groups is 1. The van der Waals surface area contributed by atoms with Gasteiger partial charge in [-0.3, -0.25) is 14.9 Å². The van der Waals surface area contributed by atoms with Crippen LogP contribution in [0, 0.1) is 28.7 Å². The zero-order valence-electron chi connectivity index (χ0n) is 14.0. The van der Waals surface area contributed by atoms with Crippen molar-refractivity contribution in [2.24, 2.45) is 0 Å². The van der Waals surface area contributed by atoms with Gasteiger partial charge in [0.05, 0.1) is 4.92 Å². The number of pyridine rings is 1. The maximum absolute atomic E-state index is 13.8. The summed E-state index contributed by atoms with van der Waals surface area (Å²) in [5.74, 6) is -1.86. The summed E-state index contributed by atoms with van der Waals surface area (Å²) >= 11 is 0. The number of benzene rings is 1. The van der Waals surface area contributed by atoms with E-state index in [1.807, 2.05) is 4.90 Å². The molecular formula is C17H16F2N4O3. The number of carbonyl (C=O) groups excluding carboxylic acids is 1. The molecule has 1 aromatic carbocycles. The number of hydrogen-bond acceptors (Lipinski definition) is 5. The Bertz CT molecular complexity index is 847. The molecule has 0 saturated carbocycles. The van der Waals surface area contributed by atoms with E-state index in [-0.39, 0.29) is 18.8 Å². The smallest absolute Gasteiger partial charge is 0.287 e. The van der Waals surface area contributed by atoms with Crippen LogP contribution in [0.15, 0.2) is 30.5 Å². The molecule has 0 unspecified atom stereocenters. The highest BCUT2D eigenvalue weighted by atomic mass is 19.1. The van der Waals surface area contributed by atoms with E-state index in [1.54, 1.807) is 6.92 Å². The third kappa shape index (κ3) is 3.32. The Morgan fingerprint density at radius 1 is 1.19 bits per heavy atom. The molecule has 0 atom stereocenters. The van der Waals surface area contributed by atoms with Crippen molar-refractivity contribution in [2.45, 2.75) is 6.92 Å². The Labute approximate surface area is 148 Å². The van der Waals surface area contributed by atoms with Crippen LogP contribution < -0.4 is 4.90 Å². The van der Waals surface area contributed by atoms with Gasteiger partial charge in [0, 0.05) is 32.2 Å². The minimum atomic E-state index is -0.884. The van der Waals surface area contributed by atoms with Crippen molar-refractivity contribution in [2.75, 3.05) is 31.1 Å². The molecule has 3 rings (SSSR count). The molecule has 26 heavy (non-hydrogen) atoms. The fourth-order valence-corrected chi connectivity index (χ4v) is 2.97. The fourth-order valence-electron chi connectivity index (χ4n) is 2.97. The van der Waals surface area contributed by atoms with Gasteiger partial charge < -0.3 is 9.80 Å². The Kier molecular flexibility index (Phi) is 4.79. The van der Waals surface area contributed by atoms with Crippen LogP contribution in [0.5, 0.6) is 0 Å². The van der Waals surface area contributed by atoms with E-state index < -0.39 is 28.0 Å². The molecule has 2 heterocycles. The third-order valence-corrected chi connectivity index (χ3v) is 4.29. The predicted molar refractivity (Wildman–Crippen MR) is 90.1 cm³/mol. The van der Waals surface area contributed by atoms with Gasteiger partial charge in [0.1, 0.15) is 29.2 Å². The first kappa shape index (κ1) is 17.7. The third-order valence-electron chi connectivity index (χ3n) is 4.29. The lowest BCUT2D eigenvalue weighted by Crippen LogP contribution is -2.49. The number of anilines is 1. The number of piperazine rings is 1. The molecule has 0 N–H and O–H groups in total. The first-order chi connectivity index (χ1) is 12.4. The van der Waals surface area contributed by atoms with E-state index >= 15 is 0 Å². The van der Waals surface area contributed by atoms with Crippen LogP contribution in [-0.4, -0.2) is 46.9 Å². The van der Waals surface area contributed by atoms with Crippen molar-refractivity contribution in [3.05, 3.63) is 63.3 Å². The number of aryl methyl sites for hydroxylation is 1. The quantitative estimate of drug-likeness (QED) is 0.619. The summed E-state index contributed by atoms with van der Waals surface area (Å²) in [5, 5.41) is 10.8. The largest absolute Gasteiger partial charge is 0.353 e. The van der Waals surface area contributed by atoms with Gasteiger partial charge in [-0.15, -0.1) is 0 Å². The number of halogens is 2. The van der Waals surface area contributed by atoms with Crippen LogP contribution >= 0.6 is 0 Å². The molecule has 0 aliphatic carbocycles. The summed E-state index contributed by atoms with van der Waals surface area (Å²) < 4.78 is 27.6. The van der Waals surface area contributed by atoms with Crippen LogP contribution in [0.4, 0.5) is 20.3 Å². The van der Waals surface area contributed by atoms with Crippen LogP contribution in [0.3, 0.4) is 0 Å².